The summed E-state index contributed by atoms with van der Waals surface area (Å²) in [5.41, 5.74) is 2.41. The fourth-order valence-electron chi connectivity index (χ4n) is 2.88. The molecule has 3 rings (SSSR count). The summed E-state index contributed by atoms with van der Waals surface area (Å²) in [7, 11) is -1.02. The van der Waals surface area contributed by atoms with Crippen LogP contribution in [0.25, 0.3) is 0 Å². The van der Waals surface area contributed by atoms with Crippen molar-refractivity contribution < 1.29 is 8.42 Å². The first kappa shape index (κ1) is 16.7. The highest BCUT2D eigenvalue weighted by molar-refractivity contribution is 7.91. The molecule has 0 bridgehead atoms. The average molecular weight is 346 g/mol. The Morgan fingerprint density at radius 3 is 2.79 bits per heavy atom. The van der Waals surface area contributed by atoms with E-state index in [1.165, 1.54) is 11.1 Å². The summed E-state index contributed by atoms with van der Waals surface area (Å²) in [6.07, 6.45) is 2.34. The van der Waals surface area contributed by atoms with Gasteiger partial charge in [0.05, 0.1) is 11.5 Å². The van der Waals surface area contributed by atoms with E-state index in [0.29, 0.717) is 18.9 Å². The van der Waals surface area contributed by atoms with E-state index in [0.717, 1.165) is 5.82 Å². The van der Waals surface area contributed by atoms with Gasteiger partial charge in [0.2, 0.25) is 5.95 Å². The van der Waals surface area contributed by atoms with E-state index in [1.54, 1.807) is 6.20 Å². The first-order valence-electron chi connectivity index (χ1n) is 7.99. The smallest absolute Gasteiger partial charge is 0.224 e. The second-order valence-electron chi connectivity index (χ2n) is 6.19. The lowest BCUT2D eigenvalue weighted by atomic mass is 10.1. The van der Waals surface area contributed by atoms with Gasteiger partial charge in [-0.05, 0) is 30.5 Å². The van der Waals surface area contributed by atoms with Gasteiger partial charge in [0.1, 0.15) is 5.82 Å². The van der Waals surface area contributed by atoms with Crippen LogP contribution in [0.5, 0.6) is 0 Å². The zero-order valence-corrected chi connectivity index (χ0v) is 14.8. The molecule has 1 unspecified atom stereocenters. The molecular formula is C17H22N4O2S. The maximum atomic E-state index is 11.7. The average Bonchev–Trinajstić information content (AvgIpc) is 2.94. The van der Waals surface area contributed by atoms with Crippen molar-refractivity contribution in [1.82, 2.24) is 9.97 Å². The number of rotatable bonds is 5. The van der Waals surface area contributed by atoms with E-state index in [9.17, 15) is 8.42 Å². The zero-order valence-electron chi connectivity index (χ0n) is 13.9. The van der Waals surface area contributed by atoms with Crippen LogP contribution in [0, 0.1) is 6.92 Å². The molecule has 1 aliphatic heterocycles. The number of aryl methyl sites for hydroxylation is 1. The minimum absolute atomic E-state index is 0.0193. The van der Waals surface area contributed by atoms with Crippen LogP contribution in [0.4, 0.5) is 11.8 Å². The number of hydrogen-bond donors (Lipinski definition) is 1. The molecule has 6 nitrogen and oxygen atoms in total. The SMILES string of the molecule is Cc1ccccc1CNc1nccc(N(C)C2CCS(=O)(=O)C2)n1. The molecule has 1 fully saturated rings. The van der Waals surface area contributed by atoms with Crippen LogP contribution in [0.15, 0.2) is 36.5 Å². The van der Waals surface area contributed by atoms with Gasteiger partial charge < -0.3 is 10.2 Å². The number of sulfone groups is 1. The van der Waals surface area contributed by atoms with Gasteiger partial charge in [-0.3, -0.25) is 0 Å². The van der Waals surface area contributed by atoms with Gasteiger partial charge in [-0.25, -0.2) is 13.4 Å². The van der Waals surface area contributed by atoms with E-state index in [4.69, 9.17) is 0 Å². The van der Waals surface area contributed by atoms with Crippen LogP contribution in [-0.4, -0.2) is 43.0 Å². The van der Waals surface area contributed by atoms with Crippen LogP contribution < -0.4 is 10.2 Å². The second-order valence-corrected chi connectivity index (χ2v) is 8.41. The van der Waals surface area contributed by atoms with Crippen molar-refractivity contribution in [2.24, 2.45) is 0 Å². The largest absolute Gasteiger partial charge is 0.355 e. The predicted octanol–water partition coefficient (Wildman–Crippen LogP) is 2.02. The highest BCUT2D eigenvalue weighted by atomic mass is 32.2. The Morgan fingerprint density at radius 2 is 2.08 bits per heavy atom. The number of nitrogens with one attached hydrogen (secondary N) is 1. The van der Waals surface area contributed by atoms with E-state index in [1.807, 2.05) is 30.1 Å². The van der Waals surface area contributed by atoms with Crippen molar-refractivity contribution >= 4 is 21.6 Å². The predicted molar refractivity (Wildman–Crippen MR) is 96.0 cm³/mol. The second kappa shape index (κ2) is 6.76. The van der Waals surface area contributed by atoms with Gasteiger partial charge in [0.15, 0.2) is 9.84 Å². The molecule has 24 heavy (non-hydrogen) atoms. The van der Waals surface area contributed by atoms with Crippen molar-refractivity contribution in [3.05, 3.63) is 47.7 Å². The monoisotopic (exact) mass is 346 g/mol. The lowest BCUT2D eigenvalue weighted by molar-refractivity contribution is 0.600. The molecule has 0 spiro atoms. The number of aromatic nitrogens is 2. The molecule has 1 aliphatic rings. The Labute approximate surface area is 142 Å². The lowest BCUT2D eigenvalue weighted by Crippen LogP contribution is -2.33. The van der Waals surface area contributed by atoms with Crippen LogP contribution in [0.2, 0.25) is 0 Å². The highest BCUT2D eigenvalue weighted by Crippen LogP contribution is 2.22. The Hall–Kier alpha value is -2.15. The van der Waals surface area contributed by atoms with E-state index >= 15 is 0 Å². The Balaban J connectivity index is 1.69. The van der Waals surface area contributed by atoms with E-state index in [-0.39, 0.29) is 17.5 Å². The number of benzene rings is 1. The van der Waals surface area contributed by atoms with Crippen molar-refractivity contribution in [2.45, 2.75) is 25.9 Å². The van der Waals surface area contributed by atoms with Crippen molar-refractivity contribution in [3.63, 3.8) is 0 Å². The van der Waals surface area contributed by atoms with Gasteiger partial charge in [-0.2, -0.15) is 4.98 Å². The molecule has 1 aromatic carbocycles. The zero-order chi connectivity index (χ0) is 17.2. The Kier molecular flexibility index (Phi) is 4.71. The molecule has 0 amide bonds. The highest BCUT2D eigenvalue weighted by Gasteiger charge is 2.31. The molecule has 0 saturated carbocycles. The van der Waals surface area contributed by atoms with Gasteiger partial charge in [0, 0.05) is 25.8 Å². The minimum atomic E-state index is -2.91. The third-order valence-corrected chi connectivity index (χ3v) is 6.21. The molecule has 0 aliphatic carbocycles. The molecule has 2 heterocycles. The third kappa shape index (κ3) is 3.84. The summed E-state index contributed by atoms with van der Waals surface area (Å²) < 4.78 is 23.3. The fourth-order valence-corrected chi connectivity index (χ4v) is 4.66. The van der Waals surface area contributed by atoms with Crippen molar-refractivity contribution in [1.29, 1.82) is 0 Å². The Bertz CT molecular complexity index is 823. The molecule has 1 aromatic heterocycles. The minimum Gasteiger partial charge on any atom is -0.355 e. The third-order valence-electron chi connectivity index (χ3n) is 4.46. The van der Waals surface area contributed by atoms with Gasteiger partial charge >= 0.3 is 0 Å². The summed E-state index contributed by atoms with van der Waals surface area (Å²) in [6, 6.07) is 9.96. The van der Waals surface area contributed by atoms with E-state index < -0.39 is 9.84 Å². The molecule has 0 radical (unpaired) electrons. The van der Waals surface area contributed by atoms with Gasteiger partial charge in [-0.1, -0.05) is 24.3 Å². The molecule has 128 valence electrons. The van der Waals surface area contributed by atoms with Crippen molar-refractivity contribution in [2.75, 3.05) is 28.8 Å². The van der Waals surface area contributed by atoms with Crippen molar-refractivity contribution in [3.8, 4) is 0 Å². The molecular weight excluding hydrogens is 324 g/mol. The molecule has 7 heteroatoms. The van der Waals surface area contributed by atoms with Crippen LogP contribution in [0.3, 0.4) is 0 Å². The number of nitrogens with zero attached hydrogens (tertiary/aromatic N) is 3. The van der Waals surface area contributed by atoms with E-state index in [2.05, 4.69) is 34.3 Å². The molecule has 2 aromatic rings. The summed E-state index contributed by atoms with van der Waals surface area (Å²) in [4.78, 5) is 10.7. The summed E-state index contributed by atoms with van der Waals surface area (Å²) in [6.45, 7) is 2.72. The maximum absolute atomic E-state index is 11.7. The molecule has 1 N–H and O–H groups in total. The standard InChI is InChI=1S/C17H22N4O2S/c1-13-5-3-4-6-14(13)11-19-17-18-9-7-16(20-17)21(2)15-8-10-24(22,23)12-15/h3-7,9,15H,8,10-12H2,1-2H3,(H,18,19,20). The van der Waals surface area contributed by atoms with Gasteiger partial charge in [-0.15, -0.1) is 0 Å². The Morgan fingerprint density at radius 1 is 1.29 bits per heavy atom. The summed E-state index contributed by atoms with van der Waals surface area (Å²) >= 11 is 0. The normalized spacial score (nSPS) is 19.2. The maximum Gasteiger partial charge on any atom is 0.224 e. The summed E-state index contributed by atoms with van der Waals surface area (Å²) in [5, 5.41) is 3.24. The number of hydrogen-bond acceptors (Lipinski definition) is 6. The van der Waals surface area contributed by atoms with Crippen LogP contribution in [-0.2, 0) is 16.4 Å². The molecule has 1 saturated heterocycles. The topological polar surface area (TPSA) is 75.2 Å². The van der Waals surface area contributed by atoms with Crippen LogP contribution in [0.1, 0.15) is 17.5 Å². The fraction of sp³-hybridized carbons (Fsp3) is 0.412. The summed E-state index contributed by atoms with van der Waals surface area (Å²) in [5.74, 6) is 1.73. The van der Waals surface area contributed by atoms with Crippen LogP contribution >= 0.6 is 0 Å². The quantitative estimate of drug-likeness (QED) is 0.893. The first-order chi connectivity index (χ1) is 11.4. The van der Waals surface area contributed by atoms with Gasteiger partial charge in [0.25, 0.3) is 0 Å². The molecule has 1 atom stereocenters. The lowest BCUT2D eigenvalue weighted by Gasteiger charge is -2.24. The number of anilines is 2. The first-order valence-corrected chi connectivity index (χ1v) is 9.81.